The summed E-state index contributed by atoms with van der Waals surface area (Å²) in [5, 5.41) is 9.22. The number of para-hydroxylation sites is 1. The maximum Gasteiger partial charge on any atom is 0.341 e. The fourth-order valence-corrected chi connectivity index (χ4v) is 3.42. The standard InChI is InChI=1S/C22H18O6/c1-26-18-5-3-2-4-13(18)10-14-6-8-17-21(25)16-9-7-15(27-12-20(23)24)11-19(16)28-22(14)17/h2-5,7,9-11H,6,8,12H2,1H3,(H,23,24)/b14-10+. The van der Waals surface area contributed by atoms with Gasteiger partial charge in [-0.3, -0.25) is 4.79 Å². The number of fused-ring (bicyclic) bond motifs is 2. The van der Waals surface area contributed by atoms with Crippen LogP contribution in [0.25, 0.3) is 22.6 Å². The van der Waals surface area contributed by atoms with Crippen molar-refractivity contribution in [3.8, 4) is 11.5 Å². The van der Waals surface area contributed by atoms with Crippen LogP contribution in [0.2, 0.25) is 0 Å². The molecule has 0 saturated heterocycles. The van der Waals surface area contributed by atoms with Gasteiger partial charge in [0.1, 0.15) is 22.8 Å². The van der Waals surface area contributed by atoms with Gasteiger partial charge >= 0.3 is 5.97 Å². The van der Waals surface area contributed by atoms with Gasteiger partial charge in [-0.1, -0.05) is 18.2 Å². The minimum absolute atomic E-state index is 0.0653. The minimum atomic E-state index is -1.07. The van der Waals surface area contributed by atoms with Crippen molar-refractivity contribution < 1.29 is 23.8 Å². The lowest BCUT2D eigenvalue weighted by atomic mass is 10.1. The Morgan fingerprint density at radius 1 is 1.21 bits per heavy atom. The third kappa shape index (κ3) is 3.24. The van der Waals surface area contributed by atoms with Gasteiger partial charge in [-0.15, -0.1) is 0 Å². The Bertz CT molecular complexity index is 1160. The van der Waals surface area contributed by atoms with E-state index in [1.54, 1.807) is 25.3 Å². The Hall–Kier alpha value is -3.54. The molecule has 2 aromatic carbocycles. The molecule has 28 heavy (non-hydrogen) atoms. The van der Waals surface area contributed by atoms with E-state index in [2.05, 4.69) is 0 Å². The van der Waals surface area contributed by atoms with E-state index in [0.717, 1.165) is 16.9 Å². The van der Waals surface area contributed by atoms with Crippen molar-refractivity contribution in [3.63, 3.8) is 0 Å². The molecule has 142 valence electrons. The highest BCUT2D eigenvalue weighted by atomic mass is 16.5. The lowest BCUT2D eigenvalue weighted by molar-refractivity contribution is -0.139. The predicted molar refractivity (Wildman–Crippen MR) is 105 cm³/mol. The van der Waals surface area contributed by atoms with Crippen LogP contribution in [0.1, 0.15) is 23.3 Å². The zero-order valence-corrected chi connectivity index (χ0v) is 15.2. The van der Waals surface area contributed by atoms with Crippen molar-refractivity contribution in [3.05, 3.63) is 69.6 Å². The molecule has 1 aliphatic rings. The summed E-state index contributed by atoms with van der Waals surface area (Å²) in [5.41, 5.74) is 2.81. The van der Waals surface area contributed by atoms with E-state index in [1.807, 2.05) is 30.3 Å². The zero-order valence-electron chi connectivity index (χ0n) is 15.2. The number of carboxylic acid groups (broad SMARTS) is 1. The van der Waals surface area contributed by atoms with Gasteiger partial charge in [0.05, 0.1) is 12.5 Å². The molecule has 3 aromatic rings. The van der Waals surface area contributed by atoms with Crippen LogP contribution >= 0.6 is 0 Å². The first-order valence-electron chi connectivity index (χ1n) is 8.85. The molecular weight excluding hydrogens is 360 g/mol. The number of methoxy groups -OCH3 is 1. The molecule has 6 nitrogen and oxygen atoms in total. The van der Waals surface area contributed by atoms with E-state index >= 15 is 0 Å². The molecule has 0 spiro atoms. The predicted octanol–water partition coefficient (Wildman–Crippen LogP) is 3.75. The monoisotopic (exact) mass is 378 g/mol. The molecule has 0 amide bonds. The molecule has 1 N–H and O–H groups in total. The highest BCUT2D eigenvalue weighted by molar-refractivity contribution is 5.88. The largest absolute Gasteiger partial charge is 0.496 e. The molecule has 1 aliphatic carbocycles. The number of hydrogen-bond acceptors (Lipinski definition) is 5. The van der Waals surface area contributed by atoms with Crippen LogP contribution < -0.4 is 14.9 Å². The van der Waals surface area contributed by atoms with E-state index in [9.17, 15) is 9.59 Å². The average Bonchev–Trinajstić information content (AvgIpc) is 3.09. The molecule has 0 bridgehead atoms. The number of aliphatic carboxylic acids is 1. The van der Waals surface area contributed by atoms with Crippen LogP contribution in [-0.2, 0) is 11.2 Å². The number of allylic oxidation sites excluding steroid dienone is 1. The van der Waals surface area contributed by atoms with Crippen LogP contribution in [-0.4, -0.2) is 24.8 Å². The van der Waals surface area contributed by atoms with Crippen molar-refractivity contribution in [2.75, 3.05) is 13.7 Å². The summed E-state index contributed by atoms with van der Waals surface area (Å²) >= 11 is 0. The SMILES string of the molecule is COc1ccccc1/C=C1\CCc2c1oc1cc(OCC(=O)O)ccc1c2=O. The summed E-state index contributed by atoms with van der Waals surface area (Å²) in [6, 6.07) is 12.4. The van der Waals surface area contributed by atoms with Crippen LogP contribution in [0.4, 0.5) is 0 Å². The van der Waals surface area contributed by atoms with Crippen LogP contribution in [0.15, 0.2) is 51.7 Å². The summed E-state index contributed by atoms with van der Waals surface area (Å²) in [6.07, 6.45) is 3.29. The van der Waals surface area contributed by atoms with E-state index in [1.165, 1.54) is 0 Å². The molecule has 4 rings (SSSR count). The van der Waals surface area contributed by atoms with Gasteiger partial charge < -0.3 is 19.0 Å². The number of hydrogen-bond donors (Lipinski definition) is 1. The lowest BCUT2D eigenvalue weighted by Gasteiger charge is -2.08. The molecule has 6 heteroatoms. The van der Waals surface area contributed by atoms with Crippen LogP contribution in [0.3, 0.4) is 0 Å². The summed E-state index contributed by atoms with van der Waals surface area (Å²) in [6.45, 7) is -0.459. The number of rotatable bonds is 5. The Morgan fingerprint density at radius 3 is 2.82 bits per heavy atom. The van der Waals surface area contributed by atoms with Crippen LogP contribution in [0.5, 0.6) is 11.5 Å². The second-order valence-electron chi connectivity index (χ2n) is 6.49. The molecule has 0 saturated carbocycles. The summed E-state index contributed by atoms with van der Waals surface area (Å²) < 4.78 is 16.6. The highest BCUT2D eigenvalue weighted by Crippen LogP contribution is 2.36. The van der Waals surface area contributed by atoms with E-state index in [4.69, 9.17) is 19.0 Å². The first-order chi connectivity index (χ1) is 13.6. The molecule has 1 heterocycles. The second kappa shape index (κ2) is 7.23. The Balaban J connectivity index is 1.80. The van der Waals surface area contributed by atoms with Crippen molar-refractivity contribution in [2.24, 2.45) is 0 Å². The summed E-state index contributed by atoms with van der Waals surface area (Å²) in [4.78, 5) is 23.6. The molecule has 0 atom stereocenters. The Morgan fingerprint density at radius 2 is 2.04 bits per heavy atom. The molecule has 0 unspecified atom stereocenters. The smallest absolute Gasteiger partial charge is 0.341 e. The minimum Gasteiger partial charge on any atom is -0.496 e. The number of ether oxygens (including phenoxy) is 2. The van der Waals surface area contributed by atoms with E-state index < -0.39 is 12.6 Å². The molecule has 0 fully saturated rings. The lowest BCUT2D eigenvalue weighted by Crippen LogP contribution is -2.10. The van der Waals surface area contributed by atoms with Gasteiger partial charge in [0.2, 0.25) is 0 Å². The Labute approximate surface area is 160 Å². The van der Waals surface area contributed by atoms with E-state index in [0.29, 0.717) is 40.9 Å². The van der Waals surface area contributed by atoms with Gasteiger partial charge in [-0.2, -0.15) is 0 Å². The molecule has 0 aliphatic heterocycles. The normalized spacial score (nSPS) is 14.2. The van der Waals surface area contributed by atoms with Crippen molar-refractivity contribution in [1.82, 2.24) is 0 Å². The fraction of sp³-hybridized carbons (Fsp3) is 0.182. The van der Waals surface area contributed by atoms with Crippen molar-refractivity contribution in [1.29, 1.82) is 0 Å². The Kier molecular flexibility index (Phi) is 4.61. The first kappa shape index (κ1) is 17.9. The highest BCUT2D eigenvalue weighted by Gasteiger charge is 2.24. The molecule has 0 radical (unpaired) electrons. The van der Waals surface area contributed by atoms with Gasteiger partial charge in [-0.25, -0.2) is 4.79 Å². The quantitative estimate of drug-likeness (QED) is 0.728. The summed E-state index contributed by atoms with van der Waals surface area (Å²) in [5.74, 6) is 0.582. The number of carboxylic acids is 1. The van der Waals surface area contributed by atoms with E-state index in [-0.39, 0.29) is 5.43 Å². The van der Waals surface area contributed by atoms with Gasteiger partial charge in [-0.05, 0) is 42.7 Å². The van der Waals surface area contributed by atoms with Crippen molar-refractivity contribution >= 4 is 28.6 Å². The maximum absolute atomic E-state index is 12.9. The van der Waals surface area contributed by atoms with Crippen LogP contribution in [0, 0.1) is 0 Å². The topological polar surface area (TPSA) is 86.0 Å². The number of benzene rings is 2. The molecule has 1 aromatic heterocycles. The van der Waals surface area contributed by atoms with Gasteiger partial charge in [0.15, 0.2) is 12.0 Å². The third-order valence-electron chi connectivity index (χ3n) is 4.72. The van der Waals surface area contributed by atoms with Crippen molar-refractivity contribution in [2.45, 2.75) is 12.8 Å². The van der Waals surface area contributed by atoms with Gasteiger partial charge in [0, 0.05) is 17.2 Å². The van der Waals surface area contributed by atoms with Gasteiger partial charge in [0.25, 0.3) is 0 Å². The maximum atomic E-state index is 12.9. The average molecular weight is 378 g/mol. The first-order valence-corrected chi connectivity index (χ1v) is 8.85. The number of carbonyl (C=O) groups is 1. The second-order valence-corrected chi connectivity index (χ2v) is 6.49. The third-order valence-corrected chi connectivity index (χ3v) is 4.72. The summed E-state index contributed by atoms with van der Waals surface area (Å²) in [7, 11) is 1.62. The zero-order chi connectivity index (χ0) is 19.7. The fourth-order valence-electron chi connectivity index (χ4n) is 3.42. The molecular formula is C22H18O6.